The molecule has 0 amide bonds. The molecule has 0 atom stereocenters. The Morgan fingerprint density at radius 1 is 0.581 bits per heavy atom. The van der Waals surface area contributed by atoms with Crippen molar-refractivity contribution in [2.75, 3.05) is 26.4 Å². The molecule has 31 heavy (non-hydrogen) atoms. The minimum atomic E-state index is -0.306. The highest BCUT2D eigenvalue weighted by atomic mass is 16.6. The van der Waals surface area contributed by atoms with Gasteiger partial charge in [0.2, 0.25) is 0 Å². The lowest BCUT2D eigenvalue weighted by Gasteiger charge is -2.20. The molecule has 3 aromatic carbocycles. The highest BCUT2D eigenvalue weighted by Gasteiger charge is 2.27. The molecule has 0 spiro atoms. The SMILES string of the molecule is c1ccc(-n2c3cc(B4OCCCO4)ccc3c3ccc(B4OCCCO4)cc32)cc1. The van der Waals surface area contributed by atoms with Crippen molar-refractivity contribution in [2.24, 2.45) is 0 Å². The van der Waals surface area contributed by atoms with Gasteiger partial charge in [0.15, 0.2) is 0 Å². The number of para-hydroxylation sites is 1. The van der Waals surface area contributed by atoms with Crippen LogP contribution < -0.4 is 10.9 Å². The van der Waals surface area contributed by atoms with Crippen LogP contribution >= 0.6 is 0 Å². The minimum Gasteiger partial charge on any atom is -0.407 e. The third-order valence-corrected chi connectivity index (χ3v) is 6.03. The van der Waals surface area contributed by atoms with E-state index in [1.165, 1.54) is 10.8 Å². The molecule has 2 fully saturated rings. The summed E-state index contributed by atoms with van der Waals surface area (Å²) in [6.45, 7) is 2.93. The molecule has 6 rings (SSSR count). The van der Waals surface area contributed by atoms with Gasteiger partial charge in [-0.2, -0.15) is 0 Å². The van der Waals surface area contributed by atoms with Gasteiger partial charge in [-0.25, -0.2) is 0 Å². The zero-order chi connectivity index (χ0) is 20.6. The standard InChI is InChI=1S/C24H23B2NO4/c1-2-6-20(7-3-1)27-23-16-18(25-28-12-4-13-29-25)8-10-21(23)22-11-9-19(17-24(22)27)26-30-14-5-15-31-26/h1-3,6-11,16-17H,4-5,12-15H2. The lowest BCUT2D eigenvalue weighted by Crippen LogP contribution is -2.40. The second kappa shape index (κ2) is 8.17. The quantitative estimate of drug-likeness (QED) is 0.487. The van der Waals surface area contributed by atoms with E-state index in [0.717, 1.165) is 66.9 Å². The maximum Gasteiger partial charge on any atom is 0.493 e. The van der Waals surface area contributed by atoms with E-state index in [0.29, 0.717) is 0 Å². The van der Waals surface area contributed by atoms with Crippen molar-refractivity contribution in [3.63, 3.8) is 0 Å². The van der Waals surface area contributed by atoms with Crippen LogP contribution in [-0.2, 0) is 18.6 Å². The number of nitrogens with zero attached hydrogens (tertiary/aromatic N) is 1. The Labute approximate surface area is 182 Å². The van der Waals surface area contributed by atoms with E-state index < -0.39 is 0 Å². The van der Waals surface area contributed by atoms with Crippen molar-refractivity contribution in [3.8, 4) is 5.69 Å². The molecule has 2 saturated heterocycles. The van der Waals surface area contributed by atoms with Crippen LogP contribution in [-0.4, -0.2) is 45.2 Å². The molecule has 7 heteroatoms. The van der Waals surface area contributed by atoms with E-state index in [1.807, 2.05) is 6.07 Å². The first-order valence-corrected chi connectivity index (χ1v) is 11.0. The summed E-state index contributed by atoms with van der Waals surface area (Å²) in [5, 5.41) is 2.41. The topological polar surface area (TPSA) is 41.9 Å². The monoisotopic (exact) mass is 411 g/mol. The van der Waals surface area contributed by atoms with Gasteiger partial charge in [0.05, 0.1) is 11.0 Å². The van der Waals surface area contributed by atoms with Crippen LogP contribution in [0.2, 0.25) is 0 Å². The Hall–Kier alpha value is -2.57. The predicted octanol–water partition coefficient (Wildman–Crippen LogP) is 3.05. The first kappa shape index (κ1) is 19.1. The Bertz CT molecular complexity index is 1140. The van der Waals surface area contributed by atoms with E-state index in [2.05, 4.69) is 65.2 Å². The Balaban J connectivity index is 1.56. The van der Waals surface area contributed by atoms with Crippen molar-refractivity contribution >= 4 is 47.0 Å². The average molecular weight is 411 g/mol. The fourth-order valence-corrected chi connectivity index (χ4v) is 4.56. The predicted molar refractivity (Wildman–Crippen MR) is 125 cm³/mol. The summed E-state index contributed by atoms with van der Waals surface area (Å²) >= 11 is 0. The molecule has 3 heterocycles. The molecule has 5 nitrogen and oxygen atoms in total. The molecular weight excluding hydrogens is 388 g/mol. The average Bonchev–Trinajstić information content (AvgIpc) is 3.18. The first-order valence-electron chi connectivity index (χ1n) is 11.0. The summed E-state index contributed by atoms with van der Waals surface area (Å²) in [4.78, 5) is 0. The van der Waals surface area contributed by atoms with Gasteiger partial charge in [0, 0.05) is 42.9 Å². The zero-order valence-corrected chi connectivity index (χ0v) is 17.3. The maximum absolute atomic E-state index is 5.87. The van der Waals surface area contributed by atoms with Crippen LogP contribution in [0.15, 0.2) is 66.7 Å². The lowest BCUT2D eigenvalue weighted by molar-refractivity contribution is 0.143. The molecule has 2 aliphatic rings. The number of hydrogen-bond acceptors (Lipinski definition) is 4. The van der Waals surface area contributed by atoms with Crippen molar-refractivity contribution in [1.82, 2.24) is 4.57 Å². The molecule has 0 unspecified atom stereocenters. The number of rotatable bonds is 3. The van der Waals surface area contributed by atoms with E-state index in [9.17, 15) is 0 Å². The van der Waals surface area contributed by atoms with Crippen molar-refractivity contribution in [1.29, 1.82) is 0 Å². The number of fused-ring (bicyclic) bond motifs is 3. The van der Waals surface area contributed by atoms with Gasteiger partial charge in [0.25, 0.3) is 0 Å². The fraction of sp³-hybridized carbons (Fsp3) is 0.250. The number of aromatic nitrogens is 1. The van der Waals surface area contributed by atoms with Crippen molar-refractivity contribution in [3.05, 3.63) is 66.7 Å². The van der Waals surface area contributed by atoms with E-state index in [1.54, 1.807) is 0 Å². The van der Waals surface area contributed by atoms with Gasteiger partial charge in [0.1, 0.15) is 0 Å². The molecule has 1 aromatic heterocycles. The van der Waals surface area contributed by atoms with Crippen LogP contribution in [0, 0.1) is 0 Å². The minimum absolute atomic E-state index is 0.306. The number of benzene rings is 3. The smallest absolute Gasteiger partial charge is 0.407 e. The van der Waals surface area contributed by atoms with Gasteiger partial charge in [-0.05, 0) is 48.0 Å². The molecule has 0 radical (unpaired) electrons. The number of hydrogen-bond donors (Lipinski definition) is 0. The van der Waals surface area contributed by atoms with Crippen LogP contribution in [0.5, 0.6) is 0 Å². The normalized spacial score (nSPS) is 17.5. The third-order valence-electron chi connectivity index (χ3n) is 6.03. The van der Waals surface area contributed by atoms with Crippen LogP contribution in [0.1, 0.15) is 12.8 Å². The highest BCUT2D eigenvalue weighted by molar-refractivity contribution is 6.62. The molecule has 2 aliphatic heterocycles. The van der Waals surface area contributed by atoms with Gasteiger partial charge in [-0.15, -0.1) is 0 Å². The van der Waals surface area contributed by atoms with Gasteiger partial charge >= 0.3 is 14.2 Å². The first-order chi connectivity index (χ1) is 15.4. The van der Waals surface area contributed by atoms with E-state index in [-0.39, 0.29) is 14.2 Å². The maximum atomic E-state index is 5.87. The fourth-order valence-electron chi connectivity index (χ4n) is 4.56. The van der Waals surface area contributed by atoms with Gasteiger partial charge in [-0.3, -0.25) is 0 Å². The summed E-state index contributed by atoms with van der Waals surface area (Å²) < 4.78 is 25.8. The van der Waals surface area contributed by atoms with Crippen LogP contribution in [0.4, 0.5) is 0 Å². The van der Waals surface area contributed by atoms with E-state index in [4.69, 9.17) is 18.6 Å². The summed E-state index contributed by atoms with van der Waals surface area (Å²) in [7, 11) is -0.611. The molecule has 154 valence electrons. The molecule has 0 aliphatic carbocycles. The third kappa shape index (κ3) is 3.48. The molecular formula is C24H23B2NO4. The van der Waals surface area contributed by atoms with Gasteiger partial charge < -0.3 is 23.2 Å². The molecule has 0 saturated carbocycles. The highest BCUT2D eigenvalue weighted by Crippen LogP contribution is 2.31. The zero-order valence-electron chi connectivity index (χ0n) is 17.3. The molecule has 4 aromatic rings. The van der Waals surface area contributed by atoms with Gasteiger partial charge in [-0.1, -0.05) is 42.5 Å². The van der Waals surface area contributed by atoms with Crippen LogP contribution in [0.3, 0.4) is 0 Å². The molecule has 0 bridgehead atoms. The Morgan fingerprint density at radius 2 is 1.06 bits per heavy atom. The van der Waals surface area contributed by atoms with Crippen molar-refractivity contribution in [2.45, 2.75) is 12.8 Å². The Kier molecular flexibility index (Phi) is 5.04. The summed E-state index contributed by atoms with van der Waals surface area (Å²) in [6.07, 6.45) is 1.88. The molecule has 0 N–H and O–H groups in total. The summed E-state index contributed by atoms with van der Waals surface area (Å²) in [6, 6.07) is 23.5. The Morgan fingerprint density at radius 3 is 1.55 bits per heavy atom. The van der Waals surface area contributed by atoms with Crippen molar-refractivity contribution < 1.29 is 18.6 Å². The second-order valence-corrected chi connectivity index (χ2v) is 8.08. The largest absolute Gasteiger partial charge is 0.493 e. The lowest BCUT2D eigenvalue weighted by atomic mass is 9.77. The van der Waals surface area contributed by atoms with Crippen LogP contribution in [0.25, 0.3) is 27.5 Å². The summed E-state index contributed by atoms with van der Waals surface area (Å²) in [5.41, 5.74) is 5.49. The second-order valence-electron chi connectivity index (χ2n) is 8.08. The van der Waals surface area contributed by atoms with E-state index >= 15 is 0 Å². The summed E-state index contributed by atoms with van der Waals surface area (Å²) in [5.74, 6) is 0.